The van der Waals surface area contributed by atoms with Gasteiger partial charge in [0, 0.05) is 38.1 Å². The lowest BCUT2D eigenvalue weighted by Crippen LogP contribution is -2.38. The highest BCUT2D eigenvalue weighted by molar-refractivity contribution is 4.94. The van der Waals surface area contributed by atoms with Gasteiger partial charge in [0.05, 0.1) is 6.54 Å². The average Bonchev–Trinajstić information content (AvgIpc) is 2.91. The van der Waals surface area contributed by atoms with Crippen LogP contribution in [0.5, 0.6) is 0 Å². The minimum Gasteiger partial charge on any atom is -0.334 e. The third kappa shape index (κ3) is 3.57. The second-order valence-electron chi connectivity index (χ2n) is 6.06. The first kappa shape index (κ1) is 13.1. The lowest BCUT2D eigenvalue weighted by atomic mass is 10.2. The molecule has 1 saturated heterocycles. The maximum Gasteiger partial charge on any atom is 0.122 e. The van der Waals surface area contributed by atoms with Crippen molar-refractivity contribution in [1.29, 1.82) is 0 Å². The Morgan fingerprint density at radius 1 is 1.37 bits per heavy atom. The summed E-state index contributed by atoms with van der Waals surface area (Å²) in [5, 5.41) is 3.62. The van der Waals surface area contributed by atoms with Crippen LogP contribution in [-0.2, 0) is 13.1 Å². The summed E-state index contributed by atoms with van der Waals surface area (Å²) < 4.78 is 2.27. The Balaban J connectivity index is 1.60. The number of nitrogens with one attached hydrogen (secondary N) is 1. The molecule has 0 bridgehead atoms. The summed E-state index contributed by atoms with van der Waals surface area (Å²) >= 11 is 0. The number of nitrogens with zero attached hydrogens (tertiary/aromatic N) is 3. The fourth-order valence-corrected chi connectivity index (χ4v) is 3.07. The van der Waals surface area contributed by atoms with Crippen molar-refractivity contribution < 1.29 is 0 Å². The molecule has 2 aliphatic rings. The highest BCUT2D eigenvalue weighted by atomic mass is 15.2. The topological polar surface area (TPSA) is 33.1 Å². The normalized spacial score (nSPS) is 23.4. The van der Waals surface area contributed by atoms with Crippen LogP contribution in [-0.4, -0.2) is 40.1 Å². The van der Waals surface area contributed by atoms with Gasteiger partial charge in [-0.2, -0.15) is 0 Å². The van der Waals surface area contributed by atoms with E-state index in [9.17, 15) is 0 Å². The molecule has 1 aliphatic carbocycles. The summed E-state index contributed by atoms with van der Waals surface area (Å²) in [6, 6.07) is 0.698. The van der Waals surface area contributed by atoms with E-state index >= 15 is 0 Å². The molecule has 1 aliphatic heterocycles. The van der Waals surface area contributed by atoms with Gasteiger partial charge in [-0.3, -0.25) is 4.90 Å². The molecular formula is C15H26N4. The van der Waals surface area contributed by atoms with Crippen LogP contribution in [0.4, 0.5) is 0 Å². The number of imidazole rings is 1. The Hall–Kier alpha value is -0.870. The van der Waals surface area contributed by atoms with Gasteiger partial charge in [0.1, 0.15) is 5.82 Å². The Morgan fingerprint density at radius 3 is 2.95 bits per heavy atom. The maximum absolute atomic E-state index is 4.53. The van der Waals surface area contributed by atoms with Crippen LogP contribution in [0.25, 0.3) is 0 Å². The largest absolute Gasteiger partial charge is 0.334 e. The highest BCUT2D eigenvalue weighted by Gasteiger charge is 2.27. The standard InChI is InChI=1S/C15H26N4/c1-2-19-9-8-17-15(19)12-18(10-13-5-6-13)11-14-4-3-7-16-14/h8-9,13-14,16H,2-7,10-12H2,1H3. The Morgan fingerprint density at radius 2 is 2.26 bits per heavy atom. The highest BCUT2D eigenvalue weighted by Crippen LogP contribution is 2.30. The molecule has 4 heteroatoms. The quantitative estimate of drug-likeness (QED) is 0.814. The predicted octanol–water partition coefficient (Wildman–Crippen LogP) is 1.87. The van der Waals surface area contributed by atoms with Crippen LogP contribution in [0, 0.1) is 5.92 Å². The molecule has 2 heterocycles. The first-order chi connectivity index (χ1) is 9.35. The van der Waals surface area contributed by atoms with E-state index in [4.69, 9.17) is 0 Å². The Bertz CT molecular complexity index is 391. The Kier molecular flexibility index (Phi) is 4.18. The number of hydrogen-bond donors (Lipinski definition) is 1. The molecule has 4 nitrogen and oxygen atoms in total. The molecule has 0 spiro atoms. The molecule has 1 aromatic heterocycles. The zero-order valence-corrected chi connectivity index (χ0v) is 12.0. The van der Waals surface area contributed by atoms with Crippen molar-refractivity contribution in [2.24, 2.45) is 5.92 Å². The van der Waals surface area contributed by atoms with Crippen LogP contribution >= 0.6 is 0 Å². The summed E-state index contributed by atoms with van der Waals surface area (Å²) in [7, 11) is 0. The van der Waals surface area contributed by atoms with Gasteiger partial charge in [-0.05, 0) is 45.1 Å². The van der Waals surface area contributed by atoms with Gasteiger partial charge in [0.2, 0.25) is 0 Å². The Labute approximate surface area is 116 Å². The van der Waals surface area contributed by atoms with Crippen molar-refractivity contribution >= 4 is 0 Å². The molecule has 1 N–H and O–H groups in total. The first-order valence-electron chi connectivity index (χ1n) is 7.81. The summed E-state index contributed by atoms with van der Waals surface area (Å²) in [6.07, 6.45) is 9.56. The number of aromatic nitrogens is 2. The van der Waals surface area contributed by atoms with Gasteiger partial charge in [0.15, 0.2) is 0 Å². The minimum absolute atomic E-state index is 0.698. The van der Waals surface area contributed by atoms with Crippen LogP contribution < -0.4 is 5.32 Å². The third-order valence-corrected chi connectivity index (χ3v) is 4.36. The van der Waals surface area contributed by atoms with Crippen molar-refractivity contribution in [2.75, 3.05) is 19.6 Å². The van der Waals surface area contributed by atoms with E-state index in [-0.39, 0.29) is 0 Å². The molecular weight excluding hydrogens is 236 g/mol. The summed E-state index contributed by atoms with van der Waals surface area (Å²) in [5.41, 5.74) is 0. The van der Waals surface area contributed by atoms with E-state index in [1.165, 1.54) is 51.1 Å². The van der Waals surface area contributed by atoms with Crippen molar-refractivity contribution in [3.63, 3.8) is 0 Å². The van der Waals surface area contributed by atoms with Crippen molar-refractivity contribution in [1.82, 2.24) is 19.8 Å². The number of hydrogen-bond acceptors (Lipinski definition) is 3. The molecule has 0 aromatic carbocycles. The molecule has 19 heavy (non-hydrogen) atoms. The van der Waals surface area contributed by atoms with Crippen LogP contribution in [0.15, 0.2) is 12.4 Å². The van der Waals surface area contributed by atoms with Crippen molar-refractivity contribution in [3.05, 3.63) is 18.2 Å². The van der Waals surface area contributed by atoms with Crippen LogP contribution in [0.1, 0.15) is 38.4 Å². The lowest BCUT2D eigenvalue weighted by Gasteiger charge is -2.25. The van der Waals surface area contributed by atoms with Crippen LogP contribution in [0.2, 0.25) is 0 Å². The van der Waals surface area contributed by atoms with E-state index in [2.05, 4.69) is 32.9 Å². The fraction of sp³-hybridized carbons (Fsp3) is 0.800. The second-order valence-corrected chi connectivity index (χ2v) is 6.06. The summed E-state index contributed by atoms with van der Waals surface area (Å²) in [6.45, 7) is 7.87. The van der Waals surface area contributed by atoms with Crippen molar-refractivity contribution in [3.8, 4) is 0 Å². The molecule has 1 saturated carbocycles. The first-order valence-corrected chi connectivity index (χ1v) is 7.81. The van der Waals surface area contributed by atoms with Crippen LogP contribution in [0.3, 0.4) is 0 Å². The van der Waals surface area contributed by atoms with E-state index in [0.29, 0.717) is 6.04 Å². The summed E-state index contributed by atoms with van der Waals surface area (Å²) in [4.78, 5) is 7.15. The second kappa shape index (κ2) is 6.06. The van der Waals surface area contributed by atoms with Gasteiger partial charge < -0.3 is 9.88 Å². The molecule has 1 atom stereocenters. The van der Waals surface area contributed by atoms with Gasteiger partial charge in [-0.25, -0.2) is 4.98 Å². The third-order valence-electron chi connectivity index (χ3n) is 4.36. The molecule has 0 radical (unpaired) electrons. The lowest BCUT2D eigenvalue weighted by molar-refractivity contribution is 0.224. The predicted molar refractivity (Wildman–Crippen MR) is 76.9 cm³/mol. The molecule has 1 unspecified atom stereocenters. The minimum atomic E-state index is 0.698. The van der Waals surface area contributed by atoms with E-state index in [0.717, 1.165) is 19.0 Å². The van der Waals surface area contributed by atoms with Gasteiger partial charge in [-0.1, -0.05) is 0 Å². The maximum atomic E-state index is 4.53. The number of rotatable bonds is 7. The van der Waals surface area contributed by atoms with E-state index in [1.807, 2.05) is 6.20 Å². The number of aryl methyl sites for hydroxylation is 1. The fourth-order valence-electron chi connectivity index (χ4n) is 3.07. The average molecular weight is 262 g/mol. The SMILES string of the molecule is CCn1ccnc1CN(CC1CC1)CC1CCCN1. The zero-order chi connectivity index (χ0) is 13.1. The van der Waals surface area contributed by atoms with Gasteiger partial charge in [-0.15, -0.1) is 0 Å². The molecule has 106 valence electrons. The van der Waals surface area contributed by atoms with Gasteiger partial charge in [0.25, 0.3) is 0 Å². The summed E-state index contributed by atoms with van der Waals surface area (Å²) in [5.74, 6) is 2.17. The smallest absolute Gasteiger partial charge is 0.122 e. The molecule has 0 amide bonds. The molecule has 3 rings (SSSR count). The molecule has 1 aromatic rings. The molecule has 2 fully saturated rings. The van der Waals surface area contributed by atoms with E-state index in [1.54, 1.807) is 0 Å². The zero-order valence-electron chi connectivity index (χ0n) is 12.0. The van der Waals surface area contributed by atoms with Gasteiger partial charge >= 0.3 is 0 Å². The van der Waals surface area contributed by atoms with Crippen molar-refractivity contribution in [2.45, 2.75) is 51.7 Å². The monoisotopic (exact) mass is 262 g/mol. The van der Waals surface area contributed by atoms with E-state index < -0.39 is 0 Å².